The molecule has 0 bridgehead atoms. The summed E-state index contributed by atoms with van der Waals surface area (Å²) < 4.78 is 20.4. The number of ether oxygens (including phenoxy) is 1. The lowest BCUT2D eigenvalue weighted by Gasteiger charge is -2.35. The summed E-state index contributed by atoms with van der Waals surface area (Å²) in [6, 6.07) is 5.36. The van der Waals surface area contributed by atoms with Crippen molar-refractivity contribution in [2.75, 3.05) is 37.6 Å². The van der Waals surface area contributed by atoms with Gasteiger partial charge in [-0.05, 0) is 50.4 Å². The molecule has 1 aromatic heterocycles. The maximum atomic E-state index is 14.5. The van der Waals surface area contributed by atoms with Crippen molar-refractivity contribution in [3.63, 3.8) is 0 Å². The van der Waals surface area contributed by atoms with Crippen LogP contribution in [0.5, 0.6) is 5.75 Å². The van der Waals surface area contributed by atoms with E-state index in [1.54, 1.807) is 18.5 Å². The molecular weight excluding hydrogens is 381 g/mol. The number of hydrogen-bond acceptors (Lipinski definition) is 6. The van der Waals surface area contributed by atoms with Gasteiger partial charge in [-0.25, -0.2) is 14.4 Å². The van der Waals surface area contributed by atoms with Crippen LogP contribution >= 0.6 is 0 Å². The fraction of sp³-hybridized carbons (Fsp3) is 0.522. The zero-order chi connectivity index (χ0) is 20.7. The highest BCUT2D eigenvalue weighted by Crippen LogP contribution is 2.41. The van der Waals surface area contributed by atoms with Gasteiger partial charge in [-0.3, -0.25) is 9.89 Å². The molecule has 0 spiro atoms. The summed E-state index contributed by atoms with van der Waals surface area (Å²) in [6.07, 6.45) is 4.72. The van der Waals surface area contributed by atoms with Crippen LogP contribution in [0.15, 0.2) is 29.5 Å². The molecule has 6 nitrogen and oxygen atoms in total. The smallest absolute Gasteiger partial charge is 0.165 e. The lowest BCUT2D eigenvalue weighted by Crippen LogP contribution is -2.46. The van der Waals surface area contributed by atoms with E-state index in [-0.39, 0.29) is 11.4 Å². The summed E-state index contributed by atoms with van der Waals surface area (Å²) in [4.78, 5) is 18.5. The molecule has 1 aromatic carbocycles. The molecule has 1 saturated carbocycles. The maximum Gasteiger partial charge on any atom is 0.165 e. The van der Waals surface area contributed by atoms with Crippen LogP contribution in [0, 0.1) is 5.82 Å². The van der Waals surface area contributed by atoms with Gasteiger partial charge in [0.25, 0.3) is 0 Å². The Morgan fingerprint density at radius 3 is 2.63 bits per heavy atom. The lowest BCUT2D eigenvalue weighted by atomic mass is 10.0. The van der Waals surface area contributed by atoms with E-state index < -0.39 is 0 Å². The predicted octanol–water partition coefficient (Wildman–Crippen LogP) is 3.43. The Morgan fingerprint density at radius 1 is 1.10 bits per heavy atom. The number of halogens is 1. The van der Waals surface area contributed by atoms with Crippen molar-refractivity contribution in [1.82, 2.24) is 14.9 Å². The first-order chi connectivity index (χ1) is 14.5. The SMILES string of the molecule is CCCN1CCN(c2cc(C3=NCc4cc(F)c(OC5(C)CC5)cc43)ncn2)CC1. The third-order valence-electron chi connectivity index (χ3n) is 6.26. The second-order valence-electron chi connectivity index (χ2n) is 8.75. The van der Waals surface area contributed by atoms with Crippen LogP contribution < -0.4 is 9.64 Å². The van der Waals surface area contributed by atoms with E-state index in [4.69, 9.17) is 4.74 Å². The molecule has 2 aliphatic heterocycles. The van der Waals surface area contributed by atoms with Crippen molar-refractivity contribution < 1.29 is 9.13 Å². The van der Waals surface area contributed by atoms with Crippen LogP contribution in [0.4, 0.5) is 10.2 Å². The van der Waals surface area contributed by atoms with Crippen LogP contribution in [-0.2, 0) is 6.54 Å². The predicted molar refractivity (Wildman–Crippen MR) is 115 cm³/mol. The van der Waals surface area contributed by atoms with Crippen LogP contribution in [0.3, 0.4) is 0 Å². The quantitative estimate of drug-likeness (QED) is 0.732. The van der Waals surface area contributed by atoms with Crippen LogP contribution in [0.2, 0.25) is 0 Å². The zero-order valence-corrected chi connectivity index (χ0v) is 17.7. The van der Waals surface area contributed by atoms with Crippen molar-refractivity contribution in [3.05, 3.63) is 47.2 Å². The Kier molecular flexibility index (Phi) is 4.93. The van der Waals surface area contributed by atoms with E-state index >= 15 is 0 Å². The molecule has 3 heterocycles. The zero-order valence-electron chi connectivity index (χ0n) is 17.7. The Bertz CT molecular complexity index is 980. The molecule has 2 fully saturated rings. The molecule has 7 heteroatoms. The fourth-order valence-corrected chi connectivity index (χ4v) is 4.20. The molecule has 3 aliphatic rings. The highest BCUT2D eigenvalue weighted by atomic mass is 19.1. The van der Waals surface area contributed by atoms with E-state index in [1.165, 1.54) is 6.42 Å². The van der Waals surface area contributed by atoms with Crippen molar-refractivity contribution in [1.29, 1.82) is 0 Å². The Morgan fingerprint density at radius 2 is 1.90 bits per heavy atom. The molecule has 1 saturated heterocycles. The molecule has 0 N–H and O–H groups in total. The molecule has 0 unspecified atom stereocenters. The number of aliphatic imine (C=N–C) groups is 1. The van der Waals surface area contributed by atoms with Gasteiger partial charge in [-0.15, -0.1) is 0 Å². The lowest BCUT2D eigenvalue weighted by molar-refractivity contribution is 0.191. The Hall–Kier alpha value is -2.54. The topological polar surface area (TPSA) is 53.9 Å². The highest BCUT2D eigenvalue weighted by molar-refractivity contribution is 6.14. The Balaban J connectivity index is 1.38. The first kappa shape index (κ1) is 19.4. The van der Waals surface area contributed by atoms with Crippen LogP contribution in [-0.4, -0.2) is 58.9 Å². The van der Waals surface area contributed by atoms with Crippen molar-refractivity contribution in [3.8, 4) is 5.75 Å². The fourth-order valence-electron chi connectivity index (χ4n) is 4.20. The van der Waals surface area contributed by atoms with Gasteiger partial charge in [-0.1, -0.05) is 6.92 Å². The molecule has 5 rings (SSSR count). The van der Waals surface area contributed by atoms with Crippen molar-refractivity contribution >= 4 is 11.5 Å². The average Bonchev–Trinajstić information content (AvgIpc) is 3.34. The molecule has 0 atom stereocenters. The van der Waals surface area contributed by atoms with Crippen LogP contribution in [0.25, 0.3) is 0 Å². The second kappa shape index (κ2) is 7.61. The molecule has 2 aromatic rings. The standard InChI is InChI=1S/C23H28FN5O/c1-3-6-28-7-9-29(10-8-28)21-13-19(26-15-27-21)22-17-12-20(30-23(2)4-5-23)18(24)11-16(17)14-25-22/h11-13,15H,3-10,14H2,1-2H3. The number of anilines is 1. The van der Waals surface area contributed by atoms with Gasteiger partial charge in [0.1, 0.15) is 17.7 Å². The second-order valence-corrected chi connectivity index (χ2v) is 8.75. The monoisotopic (exact) mass is 409 g/mol. The number of hydrogen-bond donors (Lipinski definition) is 0. The number of piperazine rings is 1. The molecule has 0 radical (unpaired) electrons. The summed E-state index contributed by atoms with van der Waals surface area (Å²) in [5, 5.41) is 0. The summed E-state index contributed by atoms with van der Waals surface area (Å²) >= 11 is 0. The molecule has 30 heavy (non-hydrogen) atoms. The van der Waals surface area contributed by atoms with E-state index in [2.05, 4.69) is 31.7 Å². The summed E-state index contributed by atoms with van der Waals surface area (Å²) in [6.45, 7) is 9.88. The van der Waals surface area contributed by atoms with E-state index in [0.29, 0.717) is 12.3 Å². The maximum absolute atomic E-state index is 14.5. The minimum Gasteiger partial charge on any atom is -0.484 e. The van der Waals surface area contributed by atoms with Crippen LogP contribution in [0.1, 0.15) is 49.9 Å². The minimum absolute atomic E-state index is 0.229. The third-order valence-corrected chi connectivity index (χ3v) is 6.26. The number of fused-ring (bicyclic) bond motifs is 1. The Labute approximate surface area is 176 Å². The third kappa shape index (κ3) is 3.78. The number of benzene rings is 1. The minimum atomic E-state index is -0.313. The van der Waals surface area contributed by atoms with Gasteiger partial charge in [0.2, 0.25) is 0 Å². The van der Waals surface area contributed by atoms with Gasteiger partial charge in [0.15, 0.2) is 11.6 Å². The first-order valence-electron chi connectivity index (χ1n) is 10.9. The summed E-state index contributed by atoms with van der Waals surface area (Å²) in [7, 11) is 0. The molecule has 1 aliphatic carbocycles. The summed E-state index contributed by atoms with van der Waals surface area (Å²) in [5.41, 5.74) is 3.14. The van der Waals surface area contributed by atoms with Gasteiger partial charge < -0.3 is 9.64 Å². The highest BCUT2D eigenvalue weighted by Gasteiger charge is 2.41. The number of aromatic nitrogens is 2. The van der Waals surface area contributed by atoms with E-state index in [1.807, 2.05) is 13.0 Å². The number of rotatable bonds is 6. The average molecular weight is 410 g/mol. The van der Waals surface area contributed by atoms with Gasteiger partial charge in [-0.2, -0.15) is 0 Å². The normalized spacial score (nSPS) is 20.1. The van der Waals surface area contributed by atoms with Gasteiger partial charge in [0, 0.05) is 37.8 Å². The van der Waals surface area contributed by atoms with Crippen molar-refractivity contribution in [2.24, 2.45) is 4.99 Å². The van der Waals surface area contributed by atoms with Gasteiger partial charge >= 0.3 is 0 Å². The van der Waals surface area contributed by atoms with E-state index in [0.717, 1.165) is 73.9 Å². The van der Waals surface area contributed by atoms with Crippen molar-refractivity contribution in [2.45, 2.75) is 45.3 Å². The van der Waals surface area contributed by atoms with Gasteiger partial charge in [0.05, 0.1) is 18.0 Å². The molecule has 0 amide bonds. The molecule has 158 valence electrons. The molecular formula is C23H28FN5O. The first-order valence-corrected chi connectivity index (χ1v) is 10.9. The van der Waals surface area contributed by atoms with E-state index in [9.17, 15) is 4.39 Å². The largest absolute Gasteiger partial charge is 0.484 e. The number of nitrogens with zero attached hydrogens (tertiary/aromatic N) is 5. The summed E-state index contributed by atoms with van der Waals surface area (Å²) in [5.74, 6) is 0.924.